The second kappa shape index (κ2) is 3.78. The molecule has 0 spiro atoms. The Morgan fingerprint density at radius 1 is 1.35 bits per heavy atom. The molecule has 3 aromatic rings. The predicted molar refractivity (Wildman–Crippen MR) is 68.2 cm³/mol. The molecule has 0 aliphatic heterocycles. The third kappa shape index (κ3) is 1.71. The van der Waals surface area contributed by atoms with E-state index >= 15 is 0 Å². The van der Waals surface area contributed by atoms with Crippen LogP contribution in [0.4, 0.5) is 0 Å². The molecule has 0 atom stereocenters. The maximum atomic E-state index is 9.64. The quantitative estimate of drug-likeness (QED) is 0.750. The van der Waals surface area contributed by atoms with Gasteiger partial charge in [-0.2, -0.15) is 9.61 Å². The van der Waals surface area contributed by atoms with Crippen LogP contribution in [-0.2, 0) is 0 Å². The summed E-state index contributed by atoms with van der Waals surface area (Å²) in [4.78, 5) is 0.750. The van der Waals surface area contributed by atoms with Crippen LogP contribution in [0.2, 0.25) is 0 Å². The highest BCUT2D eigenvalue weighted by atomic mass is 79.9. The number of nitrogens with zero attached hydrogens (tertiary/aromatic N) is 4. The molecule has 1 aromatic carbocycles. The summed E-state index contributed by atoms with van der Waals surface area (Å²) in [5.41, 5.74) is 0.862. The van der Waals surface area contributed by atoms with Gasteiger partial charge in [0.05, 0.1) is 4.47 Å². The lowest BCUT2D eigenvalue weighted by Crippen LogP contribution is -1.88. The second-order valence-electron chi connectivity index (χ2n) is 3.51. The Balaban J connectivity index is 2.16. The Hall–Kier alpha value is -1.47. The number of aryl methyl sites for hydroxylation is 1. The van der Waals surface area contributed by atoms with E-state index in [-0.39, 0.29) is 5.75 Å². The average Bonchev–Trinajstić information content (AvgIpc) is 2.86. The van der Waals surface area contributed by atoms with Crippen molar-refractivity contribution in [3.05, 3.63) is 28.5 Å². The molecule has 0 saturated carbocycles. The first-order valence-corrected chi connectivity index (χ1v) is 6.44. The van der Waals surface area contributed by atoms with Crippen molar-refractivity contribution in [3.63, 3.8) is 0 Å². The zero-order valence-corrected chi connectivity index (χ0v) is 11.2. The van der Waals surface area contributed by atoms with Crippen LogP contribution in [0.15, 0.2) is 22.7 Å². The number of fused-ring (bicyclic) bond motifs is 1. The van der Waals surface area contributed by atoms with Crippen molar-refractivity contribution in [2.75, 3.05) is 0 Å². The van der Waals surface area contributed by atoms with Crippen molar-refractivity contribution in [2.24, 2.45) is 0 Å². The molecule has 3 rings (SSSR count). The number of rotatable bonds is 1. The van der Waals surface area contributed by atoms with Crippen LogP contribution >= 0.6 is 27.3 Å². The van der Waals surface area contributed by atoms with Crippen molar-refractivity contribution in [2.45, 2.75) is 6.92 Å². The first-order valence-electron chi connectivity index (χ1n) is 4.83. The van der Waals surface area contributed by atoms with E-state index in [1.807, 2.05) is 13.0 Å². The summed E-state index contributed by atoms with van der Waals surface area (Å²) in [5.74, 6) is 0.953. The molecule has 0 amide bonds. The number of phenolic OH excluding ortho intramolecular Hbond substituents is 1. The average molecular weight is 311 g/mol. The molecule has 17 heavy (non-hydrogen) atoms. The van der Waals surface area contributed by atoms with Gasteiger partial charge in [0, 0.05) is 5.56 Å². The molecule has 0 bridgehead atoms. The first-order chi connectivity index (χ1) is 8.15. The Morgan fingerprint density at radius 2 is 2.18 bits per heavy atom. The van der Waals surface area contributed by atoms with Crippen LogP contribution < -0.4 is 0 Å². The summed E-state index contributed by atoms with van der Waals surface area (Å²) in [6, 6.07) is 5.36. The number of hydrogen-bond acceptors (Lipinski definition) is 5. The van der Waals surface area contributed by atoms with E-state index < -0.39 is 0 Å². The highest BCUT2D eigenvalue weighted by Gasteiger charge is 2.11. The summed E-state index contributed by atoms with van der Waals surface area (Å²) in [6.45, 7) is 1.85. The van der Waals surface area contributed by atoms with Gasteiger partial charge in [-0.15, -0.1) is 10.2 Å². The molecule has 2 heterocycles. The smallest absolute Gasteiger partial charge is 0.234 e. The lowest BCUT2D eigenvalue weighted by molar-refractivity contribution is 0.472. The number of aromatic hydroxyl groups is 1. The minimum absolute atomic E-state index is 0.199. The summed E-state index contributed by atoms with van der Waals surface area (Å²) < 4.78 is 2.36. The molecule has 5 nitrogen and oxygen atoms in total. The van der Waals surface area contributed by atoms with E-state index in [1.54, 1.807) is 16.6 Å². The van der Waals surface area contributed by atoms with Gasteiger partial charge >= 0.3 is 0 Å². The maximum absolute atomic E-state index is 9.64. The summed E-state index contributed by atoms with van der Waals surface area (Å²) in [5, 5.41) is 22.8. The lowest BCUT2D eigenvalue weighted by Gasteiger charge is -1.99. The Labute approximate surface area is 109 Å². The van der Waals surface area contributed by atoms with Crippen LogP contribution in [0, 0.1) is 6.92 Å². The van der Waals surface area contributed by atoms with Crippen LogP contribution in [0.25, 0.3) is 15.5 Å². The molecule has 0 aliphatic rings. The van der Waals surface area contributed by atoms with Gasteiger partial charge in [0.2, 0.25) is 4.96 Å². The first kappa shape index (κ1) is 10.7. The fourth-order valence-corrected chi connectivity index (χ4v) is 2.61. The Bertz CT molecular complexity index is 705. The molecular formula is C10H7BrN4OS. The molecule has 0 unspecified atom stereocenters. The number of aromatic nitrogens is 4. The van der Waals surface area contributed by atoms with Crippen LogP contribution in [0.3, 0.4) is 0 Å². The van der Waals surface area contributed by atoms with E-state index in [2.05, 4.69) is 31.2 Å². The van der Waals surface area contributed by atoms with Crippen molar-refractivity contribution in [3.8, 4) is 16.3 Å². The summed E-state index contributed by atoms with van der Waals surface area (Å²) in [6.07, 6.45) is 0. The van der Waals surface area contributed by atoms with Gasteiger partial charge in [0.1, 0.15) is 10.8 Å². The number of halogens is 1. The molecular weight excluding hydrogens is 304 g/mol. The molecule has 1 N–H and O–H groups in total. The van der Waals surface area contributed by atoms with Gasteiger partial charge < -0.3 is 5.11 Å². The Kier molecular flexibility index (Phi) is 2.37. The van der Waals surface area contributed by atoms with Crippen molar-refractivity contribution in [1.29, 1.82) is 0 Å². The number of phenols is 1. The highest BCUT2D eigenvalue weighted by Crippen LogP contribution is 2.31. The minimum atomic E-state index is 0.199. The molecule has 0 aliphatic carbocycles. The van der Waals surface area contributed by atoms with Gasteiger partial charge in [-0.3, -0.25) is 0 Å². The van der Waals surface area contributed by atoms with Crippen LogP contribution in [0.1, 0.15) is 5.82 Å². The van der Waals surface area contributed by atoms with Crippen molar-refractivity contribution >= 4 is 32.2 Å². The van der Waals surface area contributed by atoms with E-state index in [0.717, 1.165) is 21.4 Å². The normalized spacial score (nSPS) is 11.2. The van der Waals surface area contributed by atoms with Gasteiger partial charge in [-0.05, 0) is 35.0 Å². The van der Waals surface area contributed by atoms with Crippen LogP contribution in [-0.4, -0.2) is 24.9 Å². The highest BCUT2D eigenvalue weighted by molar-refractivity contribution is 9.10. The minimum Gasteiger partial charge on any atom is -0.507 e. The van der Waals surface area contributed by atoms with Gasteiger partial charge in [0.15, 0.2) is 5.82 Å². The third-order valence-corrected chi connectivity index (χ3v) is 3.96. The molecule has 0 radical (unpaired) electrons. The molecule has 7 heteroatoms. The fourth-order valence-electron chi connectivity index (χ4n) is 1.48. The third-order valence-electron chi connectivity index (χ3n) is 2.34. The zero-order chi connectivity index (χ0) is 12.0. The molecule has 86 valence electrons. The summed E-state index contributed by atoms with van der Waals surface area (Å²) >= 11 is 4.68. The lowest BCUT2D eigenvalue weighted by atomic mass is 10.2. The van der Waals surface area contributed by atoms with E-state index in [1.165, 1.54) is 11.3 Å². The topological polar surface area (TPSA) is 63.3 Å². The van der Waals surface area contributed by atoms with Gasteiger partial charge in [-0.25, -0.2) is 0 Å². The van der Waals surface area contributed by atoms with Crippen molar-refractivity contribution in [1.82, 2.24) is 19.8 Å². The van der Waals surface area contributed by atoms with Gasteiger partial charge in [-0.1, -0.05) is 17.4 Å². The Morgan fingerprint density at radius 3 is 2.88 bits per heavy atom. The number of hydrogen-bond donors (Lipinski definition) is 1. The predicted octanol–water partition coefficient (Wildman–Crippen LogP) is 2.63. The standard InChI is InChI=1S/C10H7BrN4OS/c1-5-12-13-10-15(5)14-9(17-10)6-2-3-7(11)8(16)4-6/h2-4,16H,1H3. The van der Waals surface area contributed by atoms with Gasteiger partial charge in [0.25, 0.3) is 0 Å². The largest absolute Gasteiger partial charge is 0.507 e. The fraction of sp³-hybridized carbons (Fsp3) is 0.100. The monoisotopic (exact) mass is 310 g/mol. The number of benzene rings is 1. The SMILES string of the molecule is Cc1nnc2sc(-c3ccc(Br)c(O)c3)nn12. The second-order valence-corrected chi connectivity index (χ2v) is 5.33. The zero-order valence-electron chi connectivity index (χ0n) is 8.75. The maximum Gasteiger partial charge on any atom is 0.234 e. The molecule has 0 fully saturated rings. The molecule has 2 aromatic heterocycles. The molecule has 0 saturated heterocycles. The van der Waals surface area contributed by atoms with Crippen LogP contribution in [0.5, 0.6) is 5.75 Å². The summed E-state index contributed by atoms with van der Waals surface area (Å²) in [7, 11) is 0. The van der Waals surface area contributed by atoms with E-state index in [0.29, 0.717) is 4.47 Å². The van der Waals surface area contributed by atoms with E-state index in [4.69, 9.17) is 0 Å². The van der Waals surface area contributed by atoms with E-state index in [9.17, 15) is 5.11 Å². The van der Waals surface area contributed by atoms with Crippen molar-refractivity contribution < 1.29 is 5.11 Å².